The first-order chi connectivity index (χ1) is 19.8. The highest BCUT2D eigenvalue weighted by Gasteiger charge is 2.37. The molecule has 1 aliphatic heterocycles. The Kier molecular flexibility index (Phi) is 7.12. The number of benzene rings is 3. The molecule has 5 aromatic rings. The van der Waals surface area contributed by atoms with E-state index in [0.717, 1.165) is 33.1 Å². The number of halogens is 2. The van der Waals surface area contributed by atoms with Crippen LogP contribution in [0.3, 0.4) is 0 Å². The first-order valence-electron chi connectivity index (χ1n) is 13.2. The van der Waals surface area contributed by atoms with E-state index >= 15 is 0 Å². The zero-order chi connectivity index (χ0) is 28.7. The molecule has 1 aliphatic rings. The van der Waals surface area contributed by atoms with E-state index in [4.69, 9.17) is 4.52 Å². The van der Waals surface area contributed by atoms with Crippen molar-refractivity contribution in [1.82, 2.24) is 24.6 Å². The minimum Gasteiger partial charge on any atom is -0.337 e. The Morgan fingerprint density at radius 2 is 1.90 bits per heavy atom. The Hall–Kier alpha value is -4.38. The molecule has 1 saturated heterocycles. The van der Waals surface area contributed by atoms with Crippen molar-refractivity contribution in [3.05, 3.63) is 93.8 Å². The van der Waals surface area contributed by atoms with Gasteiger partial charge in [0.05, 0.1) is 11.0 Å². The predicted molar refractivity (Wildman–Crippen MR) is 154 cm³/mol. The number of imidazole rings is 1. The molecule has 0 bridgehead atoms. The second-order valence-electron chi connectivity index (χ2n) is 10.1. The molecule has 2 amide bonds. The van der Waals surface area contributed by atoms with Crippen molar-refractivity contribution in [3.63, 3.8) is 0 Å². The van der Waals surface area contributed by atoms with Gasteiger partial charge in [0.1, 0.15) is 17.7 Å². The summed E-state index contributed by atoms with van der Waals surface area (Å²) in [5.41, 5.74) is 4.34. The molecule has 6 rings (SSSR count). The second-order valence-corrected chi connectivity index (χ2v) is 11.0. The van der Waals surface area contributed by atoms with Gasteiger partial charge in [-0.2, -0.15) is 4.98 Å². The zero-order valence-corrected chi connectivity index (χ0v) is 24.0. The lowest BCUT2D eigenvalue weighted by Crippen LogP contribution is -2.39. The number of aromatic nitrogens is 4. The normalized spacial score (nSPS) is 15.0. The monoisotopic (exact) mass is 616 g/mol. The van der Waals surface area contributed by atoms with Gasteiger partial charge in [-0.25, -0.2) is 9.37 Å². The lowest BCUT2D eigenvalue weighted by molar-refractivity contribution is -0.144. The summed E-state index contributed by atoms with van der Waals surface area (Å²) in [5, 5.41) is 6.87. The number of amides is 2. The lowest BCUT2D eigenvalue weighted by atomic mass is 10.1. The highest BCUT2D eigenvalue weighted by atomic mass is 79.9. The summed E-state index contributed by atoms with van der Waals surface area (Å²) in [6.07, 6.45) is 1.84. The van der Waals surface area contributed by atoms with Crippen LogP contribution in [0.1, 0.15) is 41.7 Å². The highest BCUT2D eigenvalue weighted by molar-refractivity contribution is 9.10. The lowest BCUT2D eigenvalue weighted by Gasteiger charge is -2.21. The van der Waals surface area contributed by atoms with Crippen molar-refractivity contribution in [2.75, 3.05) is 11.9 Å². The van der Waals surface area contributed by atoms with Crippen LogP contribution >= 0.6 is 15.9 Å². The molecule has 11 heteroatoms. The minimum absolute atomic E-state index is 0.326. The zero-order valence-electron chi connectivity index (χ0n) is 22.4. The molecule has 9 nitrogen and oxygen atoms in total. The van der Waals surface area contributed by atoms with Gasteiger partial charge in [-0.3, -0.25) is 9.59 Å². The summed E-state index contributed by atoms with van der Waals surface area (Å²) < 4.78 is 22.1. The summed E-state index contributed by atoms with van der Waals surface area (Å²) >= 11 is 3.43. The Balaban J connectivity index is 1.18. The van der Waals surface area contributed by atoms with Gasteiger partial charge in [0.15, 0.2) is 5.82 Å². The van der Waals surface area contributed by atoms with Crippen LogP contribution in [0.25, 0.3) is 22.4 Å². The summed E-state index contributed by atoms with van der Waals surface area (Å²) in [7, 11) is 1.85. The van der Waals surface area contributed by atoms with Crippen LogP contribution < -0.4 is 5.32 Å². The fourth-order valence-electron chi connectivity index (χ4n) is 5.16. The molecule has 0 radical (unpaired) electrons. The standard InChI is InChI=1S/C30H26BrFN6O3/c1-17-5-8-19(27-33-23-16-21(32)11-12-24(23)37(27)2)15-22(17)34-28(39)30(40)38-13-3-4-25(38)29-35-26(36-41-29)14-18-6-9-20(31)10-7-18/h5-12,15-16,25H,3-4,13-14H2,1-2H3,(H,34,39). The van der Waals surface area contributed by atoms with E-state index in [2.05, 4.69) is 36.4 Å². The number of hydrogen-bond donors (Lipinski definition) is 1. The summed E-state index contributed by atoms with van der Waals surface area (Å²) in [4.78, 5) is 37.1. The number of fused-ring (bicyclic) bond motifs is 1. The average molecular weight is 617 g/mol. The fraction of sp³-hybridized carbons (Fsp3) is 0.233. The van der Waals surface area contributed by atoms with E-state index in [9.17, 15) is 14.0 Å². The Morgan fingerprint density at radius 1 is 1.10 bits per heavy atom. The topological polar surface area (TPSA) is 106 Å². The number of likely N-dealkylation sites (tertiary alicyclic amines) is 1. The SMILES string of the molecule is Cc1ccc(-c2nc3cc(F)ccc3n2C)cc1NC(=O)C(=O)N1CCCC1c1nc(Cc2ccc(Br)cc2)no1. The summed E-state index contributed by atoms with van der Waals surface area (Å²) in [6, 6.07) is 17.3. The molecule has 41 heavy (non-hydrogen) atoms. The summed E-state index contributed by atoms with van der Waals surface area (Å²) in [6.45, 7) is 2.26. The molecule has 208 valence electrons. The number of anilines is 1. The van der Waals surface area contributed by atoms with Gasteiger partial charge in [0, 0.05) is 41.8 Å². The number of nitrogens with one attached hydrogen (secondary N) is 1. The van der Waals surface area contributed by atoms with Crippen LogP contribution in [0.15, 0.2) is 69.7 Å². The third-order valence-electron chi connectivity index (χ3n) is 7.34. The second kappa shape index (κ2) is 10.9. The minimum atomic E-state index is -0.751. The van der Waals surface area contributed by atoms with Gasteiger partial charge < -0.3 is 19.3 Å². The molecule has 2 aromatic heterocycles. The van der Waals surface area contributed by atoms with Gasteiger partial charge in [0.2, 0.25) is 5.89 Å². The maximum absolute atomic E-state index is 13.7. The third-order valence-corrected chi connectivity index (χ3v) is 7.87. The molecular weight excluding hydrogens is 591 g/mol. The van der Waals surface area contributed by atoms with Crippen LogP contribution in [-0.2, 0) is 23.1 Å². The Labute approximate surface area is 243 Å². The van der Waals surface area contributed by atoms with Crippen LogP contribution in [0.5, 0.6) is 0 Å². The maximum atomic E-state index is 13.7. The molecule has 1 fully saturated rings. The molecule has 3 heterocycles. The van der Waals surface area contributed by atoms with Crippen molar-refractivity contribution in [2.45, 2.75) is 32.2 Å². The predicted octanol–water partition coefficient (Wildman–Crippen LogP) is 5.73. The van der Waals surface area contributed by atoms with Crippen molar-refractivity contribution in [1.29, 1.82) is 0 Å². The van der Waals surface area contributed by atoms with Gasteiger partial charge in [-0.1, -0.05) is 45.4 Å². The van der Waals surface area contributed by atoms with E-state index in [0.29, 0.717) is 48.1 Å². The quantitative estimate of drug-likeness (QED) is 0.253. The van der Waals surface area contributed by atoms with Crippen molar-refractivity contribution in [2.24, 2.45) is 7.05 Å². The Bertz CT molecular complexity index is 1780. The average Bonchev–Trinajstić information content (AvgIpc) is 3.70. The fourth-order valence-corrected chi connectivity index (χ4v) is 5.42. The number of carbonyl (C=O) groups is 2. The van der Waals surface area contributed by atoms with Crippen molar-refractivity contribution in [3.8, 4) is 11.4 Å². The first kappa shape index (κ1) is 26.8. The summed E-state index contributed by atoms with van der Waals surface area (Å²) in [5.74, 6) is -0.320. The number of carbonyl (C=O) groups excluding carboxylic acids is 2. The molecule has 3 aromatic carbocycles. The van der Waals surface area contributed by atoms with Gasteiger partial charge in [0.25, 0.3) is 0 Å². The van der Waals surface area contributed by atoms with Gasteiger partial charge >= 0.3 is 11.8 Å². The molecule has 0 saturated carbocycles. The van der Waals surface area contributed by atoms with E-state index in [1.165, 1.54) is 17.0 Å². The largest absolute Gasteiger partial charge is 0.337 e. The van der Waals surface area contributed by atoms with Crippen molar-refractivity contribution < 1.29 is 18.5 Å². The molecule has 1 unspecified atom stereocenters. The number of nitrogens with zero attached hydrogens (tertiary/aromatic N) is 5. The third kappa shape index (κ3) is 5.37. The van der Waals surface area contributed by atoms with Crippen molar-refractivity contribution >= 4 is 44.5 Å². The van der Waals surface area contributed by atoms with Crippen LogP contribution in [-0.4, -0.2) is 43.0 Å². The van der Waals surface area contributed by atoms with Crippen LogP contribution in [0.2, 0.25) is 0 Å². The molecular formula is C30H26BrFN6O3. The maximum Gasteiger partial charge on any atom is 0.313 e. The van der Waals surface area contributed by atoms with Gasteiger partial charge in [-0.05, 0) is 61.2 Å². The van der Waals surface area contributed by atoms with E-state index in [-0.39, 0.29) is 5.82 Å². The van der Waals surface area contributed by atoms with E-state index in [1.54, 1.807) is 12.1 Å². The highest BCUT2D eigenvalue weighted by Crippen LogP contribution is 2.32. The van der Waals surface area contributed by atoms with E-state index < -0.39 is 17.9 Å². The molecule has 1 atom stereocenters. The van der Waals surface area contributed by atoms with Crippen LogP contribution in [0.4, 0.5) is 10.1 Å². The number of aryl methyl sites for hydroxylation is 2. The van der Waals surface area contributed by atoms with Crippen LogP contribution in [0, 0.1) is 12.7 Å². The molecule has 0 aliphatic carbocycles. The van der Waals surface area contributed by atoms with Gasteiger partial charge in [-0.15, -0.1) is 0 Å². The first-order valence-corrected chi connectivity index (χ1v) is 14.0. The Morgan fingerprint density at radius 3 is 2.71 bits per heavy atom. The number of rotatable bonds is 5. The molecule has 0 spiro atoms. The van der Waals surface area contributed by atoms with E-state index in [1.807, 2.05) is 54.9 Å². The smallest absolute Gasteiger partial charge is 0.313 e. The molecule has 1 N–H and O–H groups in total. The number of hydrogen-bond acceptors (Lipinski definition) is 6.